The number of aromatic nitrogens is 2. The number of hydrogen-bond acceptors (Lipinski definition) is 4. The second kappa shape index (κ2) is 14.2. The average molecular weight is 782 g/mol. The predicted molar refractivity (Wildman–Crippen MR) is 185 cm³/mol. The van der Waals surface area contributed by atoms with Crippen LogP contribution in [0.25, 0.3) is 66.7 Å². The summed E-state index contributed by atoms with van der Waals surface area (Å²) in [6, 6.07) is 52.5. The topological polar surface area (TPSA) is 62.7 Å². The number of furan rings is 1. The van der Waals surface area contributed by atoms with Crippen LogP contribution in [0.1, 0.15) is 11.1 Å². The number of fused-ring (bicyclic) bond motifs is 3. The molecule has 0 amide bonds. The van der Waals surface area contributed by atoms with Gasteiger partial charge in [0.2, 0.25) is 0 Å². The van der Waals surface area contributed by atoms with E-state index in [-0.39, 0.29) is 20.1 Å². The van der Waals surface area contributed by atoms with Gasteiger partial charge in [0, 0.05) is 49.0 Å². The molecule has 0 saturated carbocycles. The number of hydrogen-bond donors (Lipinski definition) is 0. The summed E-state index contributed by atoms with van der Waals surface area (Å²) in [5, 5.41) is 11.6. The summed E-state index contributed by atoms with van der Waals surface area (Å²) in [6.07, 6.45) is 3.70. The molecule has 0 bridgehead atoms. The van der Waals surface area contributed by atoms with Gasteiger partial charge in [-0.2, -0.15) is 5.26 Å². The van der Waals surface area contributed by atoms with Gasteiger partial charge in [-0.15, -0.1) is 54.1 Å². The zero-order valence-corrected chi connectivity index (χ0v) is 27.8. The molecular formula is C42H27IrN3O-2. The molecular weight excluding hydrogens is 755 g/mol. The maximum Gasteiger partial charge on any atom is 0.130 e. The van der Waals surface area contributed by atoms with Crippen LogP contribution in [0, 0.1) is 30.4 Å². The van der Waals surface area contributed by atoms with Crippen molar-refractivity contribution < 1.29 is 24.5 Å². The molecule has 47 heavy (non-hydrogen) atoms. The molecule has 8 rings (SSSR count). The van der Waals surface area contributed by atoms with Gasteiger partial charge in [0.05, 0.1) is 17.2 Å². The normalized spacial score (nSPS) is 10.5. The molecule has 0 aliphatic heterocycles. The Morgan fingerprint density at radius 2 is 1.38 bits per heavy atom. The van der Waals surface area contributed by atoms with Crippen molar-refractivity contribution in [2.24, 2.45) is 0 Å². The van der Waals surface area contributed by atoms with Gasteiger partial charge >= 0.3 is 0 Å². The van der Waals surface area contributed by atoms with Crippen LogP contribution in [0.3, 0.4) is 0 Å². The Morgan fingerprint density at radius 1 is 0.660 bits per heavy atom. The third-order valence-corrected chi connectivity index (χ3v) is 7.89. The number of pyridine rings is 2. The first kappa shape index (κ1) is 31.3. The first-order chi connectivity index (χ1) is 22.7. The molecule has 3 heterocycles. The van der Waals surface area contributed by atoms with Crippen molar-refractivity contribution in [3.63, 3.8) is 0 Å². The van der Waals surface area contributed by atoms with Gasteiger partial charge in [-0.25, -0.2) is 0 Å². The quantitative estimate of drug-likeness (QED) is 0.167. The van der Waals surface area contributed by atoms with E-state index in [2.05, 4.69) is 53.3 Å². The third-order valence-electron chi connectivity index (χ3n) is 7.89. The van der Waals surface area contributed by atoms with Gasteiger partial charge < -0.3 is 14.4 Å². The molecule has 0 spiro atoms. The Morgan fingerprint density at radius 3 is 2.06 bits per heavy atom. The first-order valence-electron chi connectivity index (χ1n) is 15.0. The number of nitrogens with zero attached hydrogens (tertiary/aromatic N) is 3. The van der Waals surface area contributed by atoms with Crippen molar-refractivity contribution in [2.45, 2.75) is 6.92 Å². The fourth-order valence-electron chi connectivity index (χ4n) is 5.67. The molecule has 4 nitrogen and oxygen atoms in total. The van der Waals surface area contributed by atoms with E-state index in [0.717, 1.165) is 50.0 Å². The van der Waals surface area contributed by atoms with Gasteiger partial charge in [0.1, 0.15) is 5.58 Å². The second-order valence-electron chi connectivity index (χ2n) is 10.8. The van der Waals surface area contributed by atoms with Crippen LogP contribution < -0.4 is 0 Å². The number of aryl methyl sites for hydroxylation is 1. The van der Waals surface area contributed by atoms with E-state index in [1.807, 2.05) is 121 Å². The maximum absolute atomic E-state index is 9.64. The Labute approximate surface area is 287 Å². The van der Waals surface area contributed by atoms with E-state index in [1.165, 1.54) is 16.7 Å². The van der Waals surface area contributed by atoms with E-state index in [1.54, 1.807) is 6.20 Å². The number of rotatable bonds is 4. The summed E-state index contributed by atoms with van der Waals surface area (Å²) in [5.74, 6) is 0. The van der Waals surface area contributed by atoms with Crippen LogP contribution in [0.5, 0.6) is 0 Å². The molecule has 5 aromatic carbocycles. The predicted octanol–water partition coefficient (Wildman–Crippen LogP) is 10.5. The number of benzene rings is 5. The molecule has 0 saturated heterocycles. The summed E-state index contributed by atoms with van der Waals surface area (Å²) in [5.41, 5.74) is 11.1. The third kappa shape index (κ3) is 6.39. The van der Waals surface area contributed by atoms with Gasteiger partial charge in [0.15, 0.2) is 0 Å². The second-order valence-corrected chi connectivity index (χ2v) is 10.8. The molecule has 0 N–H and O–H groups in total. The maximum atomic E-state index is 9.64. The summed E-state index contributed by atoms with van der Waals surface area (Å²) in [6.45, 7) is 2.12. The fraction of sp³-hybridized carbons (Fsp3) is 0.0238. The van der Waals surface area contributed by atoms with Crippen LogP contribution in [-0.4, -0.2) is 9.97 Å². The van der Waals surface area contributed by atoms with Crippen molar-refractivity contribution in [2.75, 3.05) is 0 Å². The molecule has 1 radical (unpaired) electrons. The van der Waals surface area contributed by atoms with Gasteiger partial charge in [-0.05, 0) is 47.1 Å². The van der Waals surface area contributed by atoms with Gasteiger partial charge in [0.25, 0.3) is 0 Å². The molecule has 5 heteroatoms. The van der Waals surface area contributed by atoms with Crippen LogP contribution in [0.2, 0.25) is 0 Å². The van der Waals surface area contributed by atoms with E-state index in [0.29, 0.717) is 11.1 Å². The molecule has 0 atom stereocenters. The summed E-state index contributed by atoms with van der Waals surface area (Å²) in [7, 11) is 0. The van der Waals surface area contributed by atoms with Crippen molar-refractivity contribution in [3.8, 4) is 50.8 Å². The van der Waals surface area contributed by atoms with Gasteiger partial charge in [-0.1, -0.05) is 95.9 Å². The molecule has 3 aromatic heterocycles. The van der Waals surface area contributed by atoms with E-state index in [4.69, 9.17) is 4.42 Å². The fourth-order valence-corrected chi connectivity index (χ4v) is 5.67. The Hall–Kier alpha value is -5.66. The minimum atomic E-state index is 0. The molecule has 0 unspecified atom stereocenters. The molecule has 0 aliphatic carbocycles. The zero-order chi connectivity index (χ0) is 31.3. The van der Waals surface area contributed by atoms with Crippen molar-refractivity contribution in [1.82, 2.24) is 9.97 Å². The zero-order valence-electron chi connectivity index (χ0n) is 25.4. The van der Waals surface area contributed by atoms with E-state index >= 15 is 0 Å². The Bertz CT molecular complexity index is 2310. The molecule has 0 aliphatic rings. The van der Waals surface area contributed by atoms with Gasteiger partial charge in [-0.3, -0.25) is 0 Å². The van der Waals surface area contributed by atoms with Crippen molar-refractivity contribution >= 4 is 21.9 Å². The summed E-state index contributed by atoms with van der Waals surface area (Å²) >= 11 is 0. The largest absolute Gasteiger partial charge is 0.500 e. The van der Waals surface area contributed by atoms with Crippen LogP contribution in [0.4, 0.5) is 0 Å². The molecule has 0 fully saturated rings. The van der Waals surface area contributed by atoms with Crippen LogP contribution in [-0.2, 0) is 20.1 Å². The standard InChI is InChI=1S/C24H13N2O.C18H14N.Ir/c25-15-17-12-13-19-18-9-6-10-20(21-11-4-5-14-26-21)23(18)27-24(19)22(17)16-7-2-1-3-8-16;1-14-12-18(16-10-6-3-7-11-16)19-13-17(14)15-8-4-2-5-9-15;/h1-9,11-14H;2-10,12-13H,1H3;/q2*-1;. The number of nitriles is 1. The van der Waals surface area contributed by atoms with Crippen molar-refractivity contribution in [3.05, 3.63) is 169 Å². The SMILES string of the molecule is Cc1cc(-c2[c-]cccc2)ncc1-c1ccccc1.N#Cc1ccc2c(oc3c(-c4ccccn4)[c-]ccc32)c1-c1ccccc1.[Ir]. The smallest absolute Gasteiger partial charge is 0.130 e. The van der Waals surface area contributed by atoms with Crippen LogP contribution >= 0.6 is 0 Å². The Balaban J connectivity index is 0.000000171. The monoisotopic (exact) mass is 782 g/mol. The minimum Gasteiger partial charge on any atom is -0.500 e. The van der Waals surface area contributed by atoms with E-state index < -0.39 is 0 Å². The van der Waals surface area contributed by atoms with Crippen molar-refractivity contribution in [1.29, 1.82) is 5.26 Å². The first-order valence-corrected chi connectivity index (χ1v) is 15.0. The van der Waals surface area contributed by atoms with E-state index in [9.17, 15) is 5.26 Å². The molecule has 227 valence electrons. The Kier molecular flexibility index (Phi) is 9.46. The van der Waals surface area contributed by atoms with Crippen LogP contribution in [0.15, 0.2) is 150 Å². The molecule has 8 aromatic rings. The summed E-state index contributed by atoms with van der Waals surface area (Å²) in [4.78, 5) is 8.99. The average Bonchev–Trinajstić information content (AvgIpc) is 3.52. The minimum absolute atomic E-state index is 0. The summed E-state index contributed by atoms with van der Waals surface area (Å²) < 4.78 is 6.34.